The van der Waals surface area contributed by atoms with Gasteiger partial charge in [0.1, 0.15) is 18.1 Å². The molecule has 2 aromatic rings. The summed E-state index contributed by atoms with van der Waals surface area (Å²) in [5, 5.41) is 9.44. The Morgan fingerprint density at radius 3 is 2.48 bits per heavy atom. The first-order chi connectivity index (χ1) is 14.6. The topological polar surface area (TPSA) is 120 Å². The maximum atomic E-state index is 13.2. The lowest BCUT2D eigenvalue weighted by Gasteiger charge is -2.48. The number of imide groups is 1. The number of carbonyl (C=O) groups excluding carboxylic acids is 2. The first-order valence-electron chi connectivity index (χ1n) is 9.56. The maximum absolute atomic E-state index is 13.2. The molecule has 164 valence electrons. The molecular weight excluding hydrogens is 451 g/mol. The summed E-state index contributed by atoms with van der Waals surface area (Å²) >= 11 is 13.8. The molecule has 0 spiro atoms. The number of fused-ring (bicyclic) bond motifs is 4. The van der Waals surface area contributed by atoms with E-state index in [0.29, 0.717) is 5.57 Å². The molecule has 3 aliphatic rings. The van der Waals surface area contributed by atoms with Crippen LogP contribution in [-0.2, 0) is 29.8 Å². The molecule has 0 bridgehead atoms. The van der Waals surface area contributed by atoms with Crippen molar-refractivity contribution >= 4 is 35.0 Å². The Kier molecular flexibility index (Phi) is 4.10. The van der Waals surface area contributed by atoms with Crippen LogP contribution >= 0.6 is 23.2 Å². The summed E-state index contributed by atoms with van der Waals surface area (Å²) in [5.74, 6) is -1.88. The van der Waals surface area contributed by atoms with E-state index in [4.69, 9.17) is 27.6 Å². The Bertz CT molecular complexity index is 1300. The summed E-state index contributed by atoms with van der Waals surface area (Å²) in [4.78, 5) is 48.8. The van der Waals surface area contributed by atoms with Gasteiger partial charge >= 0.3 is 11.4 Å². The maximum Gasteiger partial charge on any atom is 0.347 e. The van der Waals surface area contributed by atoms with Crippen LogP contribution in [0.5, 0.6) is 0 Å². The molecule has 1 aliphatic carbocycles. The third-order valence-corrected chi connectivity index (χ3v) is 8.01. The third kappa shape index (κ3) is 2.22. The van der Waals surface area contributed by atoms with Crippen LogP contribution in [0.25, 0.3) is 0 Å². The molecule has 4 atom stereocenters. The highest BCUT2D eigenvalue weighted by Crippen LogP contribution is 2.63. The minimum Gasteiger partial charge on any atom is -0.463 e. The van der Waals surface area contributed by atoms with Gasteiger partial charge in [-0.1, -0.05) is 6.08 Å². The summed E-state index contributed by atoms with van der Waals surface area (Å²) in [7, 11) is 2.67. The second-order valence-corrected chi connectivity index (χ2v) is 9.29. The Balaban J connectivity index is 1.80. The molecule has 4 heterocycles. The highest BCUT2D eigenvalue weighted by Gasteiger charge is 2.75. The standard InChI is InChI=1S/C19H18Cl2N4O6/c1-22-14(27)18(20)7-11-10(5-6-24-16(29)23(2)17(30)25(11)24)13(19(18,21)15(22)28)12-4-3-9(8-26)31-12/h3-5,11,13,26H,6-8H2,1-2H3/t11-,13-,18-,19+/m1/s1. The molecule has 0 radical (unpaired) electrons. The van der Waals surface area contributed by atoms with E-state index in [9.17, 15) is 24.3 Å². The fourth-order valence-corrected chi connectivity index (χ4v) is 6.04. The van der Waals surface area contributed by atoms with Crippen molar-refractivity contribution in [3.8, 4) is 0 Å². The largest absolute Gasteiger partial charge is 0.463 e. The molecule has 0 aromatic carbocycles. The number of rotatable bonds is 2. The van der Waals surface area contributed by atoms with Crippen molar-refractivity contribution in [3.63, 3.8) is 0 Å². The predicted octanol–water partition coefficient (Wildman–Crippen LogP) is 0.0562. The normalized spacial score (nSPS) is 32.0. The average Bonchev–Trinajstić information content (AvgIpc) is 3.35. The quantitative estimate of drug-likeness (QED) is 0.377. The SMILES string of the molecule is CN1C(=O)[C@]2(Cl)C[C@@H]3C(=CCn4c(=O)n(C)c(=O)n43)[C@H](c3ccc(CO)o3)[C@]2(Cl)C1=O. The summed E-state index contributed by atoms with van der Waals surface area (Å²) in [5.41, 5.74) is -0.522. The van der Waals surface area contributed by atoms with Crippen LogP contribution in [0.3, 0.4) is 0 Å². The van der Waals surface area contributed by atoms with Gasteiger partial charge in [-0.2, -0.15) is 0 Å². The van der Waals surface area contributed by atoms with Gasteiger partial charge in [0, 0.05) is 20.5 Å². The van der Waals surface area contributed by atoms with E-state index in [1.165, 1.54) is 29.5 Å². The molecule has 12 heteroatoms. The van der Waals surface area contributed by atoms with Crippen LogP contribution < -0.4 is 11.4 Å². The van der Waals surface area contributed by atoms with Crippen molar-refractivity contribution < 1.29 is 19.1 Å². The van der Waals surface area contributed by atoms with Gasteiger partial charge in [0.2, 0.25) is 0 Å². The number of alkyl halides is 2. The molecule has 10 nitrogen and oxygen atoms in total. The van der Waals surface area contributed by atoms with Crippen molar-refractivity contribution in [2.45, 2.75) is 41.3 Å². The number of aliphatic hydroxyl groups excluding tert-OH is 1. The molecule has 1 N–H and O–H groups in total. The zero-order valence-electron chi connectivity index (χ0n) is 16.5. The monoisotopic (exact) mass is 468 g/mol. The number of hydrogen-bond acceptors (Lipinski definition) is 6. The Hall–Kier alpha value is -2.56. The van der Waals surface area contributed by atoms with Gasteiger partial charge in [0.15, 0.2) is 9.75 Å². The van der Waals surface area contributed by atoms with Crippen LogP contribution in [0, 0.1) is 0 Å². The summed E-state index contributed by atoms with van der Waals surface area (Å²) < 4.78 is 9.23. The average molecular weight is 469 g/mol. The molecule has 2 aromatic heterocycles. The fourth-order valence-electron chi connectivity index (χ4n) is 5.06. The first kappa shape index (κ1) is 20.3. The Labute approximate surface area is 184 Å². The lowest BCUT2D eigenvalue weighted by molar-refractivity contribution is -0.137. The number of halogens is 2. The number of nitrogens with zero attached hydrogens (tertiary/aromatic N) is 4. The first-order valence-corrected chi connectivity index (χ1v) is 10.3. The number of allylic oxidation sites excluding steroid dienone is 2. The van der Waals surface area contributed by atoms with Gasteiger partial charge < -0.3 is 9.52 Å². The van der Waals surface area contributed by atoms with E-state index in [-0.39, 0.29) is 31.1 Å². The molecule has 1 saturated heterocycles. The summed E-state index contributed by atoms with van der Waals surface area (Å²) in [6, 6.07) is 2.30. The van der Waals surface area contributed by atoms with E-state index >= 15 is 0 Å². The molecular formula is C19H18Cl2N4O6. The van der Waals surface area contributed by atoms with Crippen LogP contribution in [0.1, 0.15) is 29.9 Å². The van der Waals surface area contributed by atoms with E-state index in [2.05, 4.69) is 0 Å². The second-order valence-electron chi connectivity index (χ2n) is 8.05. The molecule has 2 fully saturated rings. The predicted molar refractivity (Wildman–Crippen MR) is 108 cm³/mol. The molecule has 0 unspecified atom stereocenters. The van der Waals surface area contributed by atoms with Crippen LogP contribution in [0.4, 0.5) is 0 Å². The fraction of sp³-hybridized carbons (Fsp3) is 0.474. The lowest BCUT2D eigenvalue weighted by atomic mass is 9.65. The minimum atomic E-state index is -1.91. The van der Waals surface area contributed by atoms with Crippen molar-refractivity contribution in [2.75, 3.05) is 7.05 Å². The highest BCUT2D eigenvalue weighted by atomic mass is 35.5. The number of furan rings is 1. The zero-order chi connectivity index (χ0) is 22.5. The van der Waals surface area contributed by atoms with Gasteiger partial charge in [0.25, 0.3) is 11.8 Å². The molecule has 31 heavy (non-hydrogen) atoms. The van der Waals surface area contributed by atoms with Crippen LogP contribution in [-0.4, -0.2) is 52.5 Å². The van der Waals surface area contributed by atoms with Gasteiger partial charge in [0.05, 0.1) is 18.5 Å². The number of carbonyl (C=O) groups is 2. The van der Waals surface area contributed by atoms with E-state index in [1.54, 1.807) is 12.1 Å². The van der Waals surface area contributed by atoms with E-state index in [0.717, 1.165) is 9.47 Å². The lowest BCUT2D eigenvalue weighted by Crippen LogP contribution is -2.59. The molecule has 1 saturated carbocycles. The van der Waals surface area contributed by atoms with Gasteiger partial charge in [-0.25, -0.2) is 23.5 Å². The van der Waals surface area contributed by atoms with E-state index < -0.39 is 44.9 Å². The number of amides is 2. The van der Waals surface area contributed by atoms with Crippen molar-refractivity contribution in [1.29, 1.82) is 0 Å². The smallest absolute Gasteiger partial charge is 0.347 e. The number of aromatic nitrogens is 3. The van der Waals surface area contributed by atoms with Crippen molar-refractivity contribution in [3.05, 3.63) is 56.3 Å². The number of aliphatic hydroxyl groups is 1. The number of hydrogen-bond donors (Lipinski definition) is 1. The zero-order valence-corrected chi connectivity index (χ0v) is 18.1. The Morgan fingerprint density at radius 2 is 1.84 bits per heavy atom. The van der Waals surface area contributed by atoms with Crippen LogP contribution in [0.2, 0.25) is 0 Å². The number of likely N-dealkylation sites (tertiary alicyclic amines) is 1. The summed E-state index contributed by atoms with van der Waals surface area (Å²) in [6.45, 7) is -0.300. The van der Waals surface area contributed by atoms with Gasteiger partial charge in [-0.15, -0.1) is 23.2 Å². The Morgan fingerprint density at radius 1 is 1.13 bits per heavy atom. The third-order valence-electron chi connectivity index (χ3n) is 6.60. The van der Waals surface area contributed by atoms with Crippen LogP contribution in [0.15, 0.2) is 37.8 Å². The second kappa shape index (κ2) is 6.24. The van der Waals surface area contributed by atoms with Crippen molar-refractivity contribution in [2.24, 2.45) is 7.05 Å². The van der Waals surface area contributed by atoms with Gasteiger partial charge in [-0.3, -0.25) is 14.5 Å². The van der Waals surface area contributed by atoms with Crippen molar-refractivity contribution in [1.82, 2.24) is 18.8 Å². The summed E-state index contributed by atoms with van der Waals surface area (Å²) in [6.07, 6.45) is 1.56. The van der Waals surface area contributed by atoms with E-state index in [1.807, 2.05) is 0 Å². The molecule has 5 rings (SSSR count). The molecule has 2 amide bonds. The van der Waals surface area contributed by atoms with Gasteiger partial charge in [-0.05, 0) is 17.7 Å². The highest BCUT2D eigenvalue weighted by molar-refractivity contribution is 6.53. The minimum absolute atomic E-state index is 0.0744. The molecule has 2 aliphatic heterocycles.